The lowest BCUT2D eigenvalue weighted by atomic mass is 9.36. The van der Waals surface area contributed by atoms with Crippen LogP contribution in [0.25, 0.3) is 0 Å². The first kappa shape index (κ1) is 21.3. The molecule has 8 unspecified atom stereocenters. The summed E-state index contributed by atoms with van der Waals surface area (Å²) in [6.45, 7) is 17.7. The summed E-state index contributed by atoms with van der Waals surface area (Å²) in [5.74, 6) is 3.11. The van der Waals surface area contributed by atoms with Crippen molar-refractivity contribution in [1.82, 2.24) is 0 Å². The molecule has 1 nitrogen and oxygen atoms in total. The van der Waals surface area contributed by atoms with Gasteiger partial charge in [0.1, 0.15) is 5.78 Å². The molecule has 0 bridgehead atoms. The van der Waals surface area contributed by atoms with E-state index in [9.17, 15) is 4.79 Å². The highest BCUT2D eigenvalue weighted by Gasteiger charge is 2.64. The number of hydrogen-bond donors (Lipinski definition) is 0. The second kappa shape index (κ2) is 6.26. The molecule has 168 valence electrons. The lowest BCUT2D eigenvalue weighted by Gasteiger charge is -2.68. The summed E-state index contributed by atoms with van der Waals surface area (Å²) in [4.78, 5) is 12.6. The van der Waals surface area contributed by atoms with Crippen LogP contribution in [-0.2, 0) is 4.79 Å². The maximum absolute atomic E-state index is 12.6. The third-order valence-corrected chi connectivity index (χ3v) is 12.3. The normalized spacial score (nSPS) is 54.9. The fourth-order valence-corrected chi connectivity index (χ4v) is 9.97. The molecule has 8 atom stereocenters. The van der Waals surface area contributed by atoms with E-state index in [4.69, 9.17) is 0 Å². The van der Waals surface area contributed by atoms with E-state index < -0.39 is 0 Å². The summed E-state index contributed by atoms with van der Waals surface area (Å²) < 4.78 is 0. The Morgan fingerprint density at radius 1 is 0.833 bits per heavy atom. The molecule has 0 radical (unpaired) electrons. The number of carbonyl (C=O) groups excluding carboxylic acids is 1. The van der Waals surface area contributed by atoms with Crippen molar-refractivity contribution in [3.8, 4) is 0 Å². The smallest absolute Gasteiger partial charge is 0.136 e. The van der Waals surface area contributed by atoms with Gasteiger partial charge < -0.3 is 0 Å². The summed E-state index contributed by atoms with van der Waals surface area (Å²) in [5, 5.41) is 0. The van der Waals surface area contributed by atoms with Crippen LogP contribution in [0, 0.1) is 50.7 Å². The highest BCUT2D eigenvalue weighted by molar-refractivity contribution is 5.82. The quantitative estimate of drug-likeness (QED) is 0.370. The van der Waals surface area contributed by atoms with Gasteiger partial charge >= 0.3 is 0 Å². The number of fused-ring (bicyclic) bond motifs is 7. The number of ketones is 1. The maximum atomic E-state index is 12.6. The van der Waals surface area contributed by atoms with E-state index in [0.29, 0.717) is 27.4 Å². The molecule has 5 aliphatic rings. The van der Waals surface area contributed by atoms with Crippen molar-refractivity contribution in [2.45, 2.75) is 113 Å². The summed E-state index contributed by atoms with van der Waals surface area (Å²) in [7, 11) is 0. The van der Waals surface area contributed by atoms with Gasteiger partial charge in [-0.1, -0.05) is 60.1 Å². The molecule has 0 spiro atoms. The van der Waals surface area contributed by atoms with E-state index in [0.717, 1.165) is 30.6 Å². The molecule has 5 aliphatic carbocycles. The first-order valence-corrected chi connectivity index (χ1v) is 13.1. The van der Waals surface area contributed by atoms with Crippen LogP contribution in [0.15, 0.2) is 11.6 Å². The van der Waals surface area contributed by atoms with E-state index >= 15 is 0 Å². The molecule has 5 rings (SSSR count). The first-order chi connectivity index (χ1) is 13.9. The van der Waals surface area contributed by atoms with Crippen molar-refractivity contribution in [2.24, 2.45) is 50.7 Å². The fraction of sp³-hybridized carbons (Fsp3) is 0.897. The van der Waals surface area contributed by atoms with E-state index in [2.05, 4.69) is 54.5 Å². The van der Waals surface area contributed by atoms with Crippen LogP contribution < -0.4 is 0 Å². The standard InChI is InChI=1S/C29H46O/c1-19-22(30)8-9-23-27(19,5)13-11-21-20-10-12-26(4)15-14-25(2,3)18-24(26)29(20,7)17-16-28(21,23)6/h10,19,21,23-24H,8-9,11-18H2,1-7H3. The number of allylic oxidation sites excluding steroid dienone is 2. The molecule has 0 aromatic heterocycles. The molecule has 0 aromatic rings. The predicted octanol–water partition coefficient (Wildman–Crippen LogP) is 7.99. The number of Topliss-reactive ketones (excluding diaryl/α,β-unsaturated/α-hetero) is 1. The molecule has 0 N–H and O–H groups in total. The molecule has 30 heavy (non-hydrogen) atoms. The molecule has 0 saturated heterocycles. The Morgan fingerprint density at radius 3 is 2.30 bits per heavy atom. The van der Waals surface area contributed by atoms with Crippen LogP contribution in [0.5, 0.6) is 0 Å². The van der Waals surface area contributed by atoms with Gasteiger partial charge in [-0.25, -0.2) is 0 Å². The van der Waals surface area contributed by atoms with Crippen molar-refractivity contribution in [3.63, 3.8) is 0 Å². The lowest BCUT2D eigenvalue weighted by molar-refractivity contribution is -0.158. The largest absolute Gasteiger partial charge is 0.299 e. The molecule has 0 amide bonds. The molecule has 0 heterocycles. The second-order valence-corrected chi connectivity index (χ2v) is 14.2. The topological polar surface area (TPSA) is 17.1 Å². The maximum Gasteiger partial charge on any atom is 0.136 e. The van der Waals surface area contributed by atoms with Crippen LogP contribution in [0.1, 0.15) is 113 Å². The van der Waals surface area contributed by atoms with Crippen molar-refractivity contribution in [1.29, 1.82) is 0 Å². The third-order valence-electron chi connectivity index (χ3n) is 12.3. The van der Waals surface area contributed by atoms with E-state index in [1.807, 2.05) is 5.57 Å². The Labute approximate surface area is 185 Å². The van der Waals surface area contributed by atoms with Gasteiger partial charge in [-0.2, -0.15) is 0 Å². The Kier molecular flexibility index (Phi) is 4.43. The average molecular weight is 411 g/mol. The van der Waals surface area contributed by atoms with Crippen LogP contribution in [0.3, 0.4) is 0 Å². The summed E-state index contributed by atoms with van der Waals surface area (Å²) in [6, 6.07) is 0. The zero-order chi connectivity index (χ0) is 21.7. The highest BCUT2D eigenvalue weighted by Crippen LogP contribution is 2.73. The summed E-state index contributed by atoms with van der Waals surface area (Å²) in [5.41, 5.74) is 3.90. The van der Waals surface area contributed by atoms with Gasteiger partial charge in [0.25, 0.3) is 0 Å². The van der Waals surface area contributed by atoms with Crippen LogP contribution in [0.4, 0.5) is 0 Å². The molecular weight excluding hydrogens is 364 g/mol. The number of carbonyl (C=O) groups is 1. The van der Waals surface area contributed by atoms with Crippen LogP contribution >= 0.6 is 0 Å². The van der Waals surface area contributed by atoms with Crippen molar-refractivity contribution in [2.75, 3.05) is 0 Å². The molecule has 4 saturated carbocycles. The zero-order valence-electron chi connectivity index (χ0n) is 20.9. The van der Waals surface area contributed by atoms with Gasteiger partial charge in [-0.05, 0) is 103 Å². The third kappa shape index (κ3) is 2.62. The Bertz CT molecular complexity index is 790. The minimum Gasteiger partial charge on any atom is -0.299 e. The van der Waals surface area contributed by atoms with Gasteiger partial charge in [0, 0.05) is 12.3 Å². The van der Waals surface area contributed by atoms with E-state index in [-0.39, 0.29) is 11.3 Å². The van der Waals surface area contributed by atoms with Crippen molar-refractivity contribution >= 4 is 5.78 Å². The fourth-order valence-electron chi connectivity index (χ4n) is 9.97. The Hall–Kier alpha value is -0.590. The monoisotopic (exact) mass is 410 g/mol. The van der Waals surface area contributed by atoms with E-state index in [1.165, 1.54) is 51.4 Å². The van der Waals surface area contributed by atoms with Gasteiger partial charge in [0.05, 0.1) is 0 Å². The average Bonchev–Trinajstić information content (AvgIpc) is 2.67. The summed E-state index contributed by atoms with van der Waals surface area (Å²) in [6.07, 6.45) is 15.6. The minimum absolute atomic E-state index is 0.227. The second-order valence-electron chi connectivity index (χ2n) is 14.2. The van der Waals surface area contributed by atoms with Crippen molar-refractivity contribution < 1.29 is 4.79 Å². The molecule has 0 aliphatic heterocycles. The molecule has 4 fully saturated rings. The van der Waals surface area contributed by atoms with Gasteiger partial charge in [0.2, 0.25) is 0 Å². The molecular formula is C29H46O. The first-order valence-electron chi connectivity index (χ1n) is 13.1. The van der Waals surface area contributed by atoms with Crippen molar-refractivity contribution in [3.05, 3.63) is 11.6 Å². The zero-order valence-corrected chi connectivity index (χ0v) is 20.9. The number of rotatable bonds is 0. The lowest BCUT2D eigenvalue weighted by Crippen LogP contribution is -2.60. The molecule has 0 aromatic carbocycles. The highest BCUT2D eigenvalue weighted by atomic mass is 16.1. The van der Waals surface area contributed by atoms with Gasteiger partial charge in [0.15, 0.2) is 0 Å². The Balaban J connectivity index is 1.54. The van der Waals surface area contributed by atoms with Crippen LogP contribution in [0.2, 0.25) is 0 Å². The SMILES string of the molecule is CC1C(=O)CCC2C1(C)CCC1C3=CCC4(C)CCC(C)(C)CC4C3(C)CCC12C. The Morgan fingerprint density at radius 2 is 1.57 bits per heavy atom. The minimum atomic E-state index is 0.227. The predicted molar refractivity (Wildman–Crippen MR) is 125 cm³/mol. The molecule has 1 heteroatoms. The number of hydrogen-bond acceptors (Lipinski definition) is 1. The van der Waals surface area contributed by atoms with E-state index in [1.54, 1.807) is 0 Å². The van der Waals surface area contributed by atoms with Gasteiger partial charge in [-0.3, -0.25) is 4.79 Å². The summed E-state index contributed by atoms with van der Waals surface area (Å²) >= 11 is 0. The van der Waals surface area contributed by atoms with Gasteiger partial charge in [-0.15, -0.1) is 0 Å². The van der Waals surface area contributed by atoms with Crippen LogP contribution in [-0.4, -0.2) is 5.78 Å².